The molecular formula is C13H14N2O3S. The highest BCUT2D eigenvalue weighted by Gasteiger charge is 2.26. The molecule has 0 unspecified atom stereocenters. The Balaban J connectivity index is 2.30. The lowest BCUT2D eigenvalue weighted by Gasteiger charge is -2.26. The van der Waals surface area contributed by atoms with E-state index >= 15 is 0 Å². The highest BCUT2D eigenvalue weighted by atomic mass is 32.2. The molecule has 0 amide bonds. The van der Waals surface area contributed by atoms with Crippen LogP contribution in [0.4, 0.5) is 0 Å². The SMILES string of the molecule is N#C/C=C/c1cccc(S(=O)(=O)N2CCOCC2)c1. The van der Waals surface area contributed by atoms with Gasteiger partial charge in [0.2, 0.25) is 10.0 Å². The van der Waals surface area contributed by atoms with Crippen LogP contribution >= 0.6 is 0 Å². The van der Waals surface area contributed by atoms with Crippen molar-refractivity contribution < 1.29 is 13.2 Å². The van der Waals surface area contributed by atoms with Crippen molar-refractivity contribution in [2.75, 3.05) is 26.3 Å². The number of morpholine rings is 1. The maximum atomic E-state index is 12.4. The second-order valence-corrected chi connectivity index (χ2v) is 5.99. The molecule has 0 radical (unpaired) electrons. The molecular weight excluding hydrogens is 264 g/mol. The van der Waals surface area contributed by atoms with E-state index in [-0.39, 0.29) is 4.90 Å². The molecule has 0 saturated carbocycles. The van der Waals surface area contributed by atoms with E-state index in [1.807, 2.05) is 6.07 Å². The van der Waals surface area contributed by atoms with Gasteiger partial charge in [-0.1, -0.05) is 12.1 Å². The van der Waals surface area contributed by atoms with E-state index in [0.29, 0.717) is 31.9 Å². The topological polar surface area (TPSA) is 70.4 Å². The van der Waals surface area contributed by atoms with Crippen LogP contribution in [0.15, 0.2) is 35.2 Å². The van der Waals surface area contributed by atoms with E-state index < -0.39 is 10.0 Å². The minimum Gasteiger partial charge on any atom is -0.379 e. The van der Waals surface area contributed by atoms with Crippen LogP contribution in [0.2, 0.25) is 0 Å². The Morgan fingerprint density at radius 3 is 2.74 bits per heavy atom. The van der Waals surface area contributed by atoms with Crippen LogP contribution < -0.4 is 0 Å². The normalized spacial score (nSPS) is 17.4. The van der Waals surface area contributed by atoms with E-state index in [9.17, 15) is 8.42 Å². The number of allylic oxidation sites excluding steroid dienone is 1. The van der Waals surface area contributed by atoms with Crippen molar-refractivity contribution in [1.29, 1.82) is 5.26 Å². The largest absolute Gasteiger partial charge is 0.379 e. The maximum absolute atomic E-state index is 12.4. The lowest BCUT2D eigenvalue weighted by molar-refractivity contribution is 0.0730. The molecule has 1 aliphatic heterocycles. The van der Waals surface area contributed by atoms with Crippen LogP contribution in [0.5, 0.6) is 0 Å². The molecule has 1 aliphatic rings. The zero-order valence-electron chi connectivity index (χ0n) is 10.3. The van der Waals surface area contributed by atoms with Crippen LogP contribution in [-0.2, 0) is 14.8 Å². The molecule has 0 aliphatic carbocycles. The fourth-order valence-corrected chi connectivity index (χ4v) is 3.31. The van der Waals surface area contributed by atoms with Crippen LogP contribution in [-0.4, -0.2) is 39.0 Å². The zero-order chi connectivity index (χ0) is 13.7. The van der Waals surface area contributed by atoms with E-state index in [4.69, 9.17) is 10.00 Å². The Morgan fingerprint density at radius 1 is 1.32 bits per heavy atom. The van der Waals surface area contributed by atoms with Crippen molar-refractivity contribution in [3.8, 4) is 6.07 Å². The average Bonchev–Trinajstić information content (AvgIpc) is 2.46. The van der Waals surface area contributed by atoms with Crippen molar-refractivity contribution in [2.24, 2.45) is 0 Å². The lowest BCUT2D eigenvalue weighted by Crippen LogP contribution is -2.40. The van der Waals surface area contributed by atoms with Crippen molar-refractivity contribution >= 4 is 16.1 Å². The van der Waals surface area contributed by atoms with E-state index in [0.717, 1.165) is 0 Å². The van der Waals surface area contributed by atoms with Gasteiger partial charge in [0, 0.05) is 19.2 Å². The first-order valence-electron chi connectivity index (χ1n) is 5.89. The first-order valence-corrected chi connectivity index (χ1v) is 7.33. The molecule has 1 saturated heterocycles. The molecule has 0 spiro atoms. The third-order valence-corrected chi connectivity index (χ3v) is 4.71. The fourth-order valence-electron chi connectivity index (χ4n) is 1.85. The number of rotatable bonds is 3. The number of ether oxygens (including phenoxy) is 1. The van der Waals surface area contributed by atoms with Gasteiger partial charge in [0.05, 0.1) is 24.2 Å². The fraction of sp³-hybridized carbons (Fsp3) is 0.308. The van der Waals surface area contributed by atoms with Gasteiger partial charge in [-0.3, -0.25) is 0 Å². The number of sulfonamides is 1. The summed E-state index contributed by atoms with van der Waals surface area (Å²) in [5.74, 6) is 0. The molecule has 100 valence electrons. The van der Waals surface area contributed by atoms with E-state index in [1.165, 1.54) is 10.4 Å². The molecule has 1 heterocycles. The van der Waals surface area contributed by atoms with Gasteiger partial charge in [-0.2, -0.15) is 9.57 Å². The van der Waals surface area contributed by atoms with Crippen molar-refractivity contribution in [2.45, 2.75) is 4.90 Å². The minimum atomic E-state index is -3.47. The van der Waals surface area contributed by atoms with Crippen molar-refractivity contribution in [3.05, 3.63) is 35.9 Å². The Morgan fingerprint density at radius 2 is 2.05 bits per heavy atom. The molecule has 19 heavy (non-hydrogen) atoms. The third-order valence-electron chi connectivity index (χ3n) is 2.82. The molecule has 1 fully saturated rings. The first kappa shape index (κ1) is 13.7. The molecule has 6 heteroatoms. The predicted molar refractivity (Wildman–Crippen MR) is 70.7 cm³/mol. The summed E-state index contributed by atoms with van der Waals surface area (Å²) in [6.45, 7) is 1.60. The second-order valence-electron chi connectivity index (χ2n) is 4.05. The smallest absolute Gasteiger partial charge is 0.243 e. The first-order chi connectivity index (χ1) is 9.14. The van der Waals surface area contributed by atoms with Crippen LogP contribution in [0.1, 0.15) is 5.56 Å². The summed E-state index contributed by atoms with van der Waals surface area (Å²) in [5.41, 5.74) is 0.691. The molecule has 0 atom stereocenters. The average molecular weight is 278 g/mol. The predicted octanol–water partition coefficient (Wildman–Crippen LogP) is 1.24. The highest BCUT2D eigenvalue weighted by Crippen LogP contribution is 2.18. The number of hydrogen-bond acceptors (Lipinski definition) is 4. The Bertz CT molecular complexity index is 611. The van der Waals surface area contributed by atoms with Crippen molar-refractivity contribution in [1.82, 2.24) is 4.31 Å². The summed E-state index contributed by atoms with van der Waals surface area (Å²) in [5, 5.41) is 8.48. The quantitative estimate of drug-likeness (QED) is 0.780. The molecule has 5 nitrogen and oxygen atoms in total. The third kappa shape index (κ3) is 3.20. The molecule has 0 aromatic heterocycles. The van der Waals surface area contributed by atoms with Gasteiger partial charge < -0.3 is 4.74 Å². The van der Waals surface area contributed by atoms with Gasteiger partial charge in [-0.05, 0) is 23.8 Å². The van der Waals surface area contributed by atoms with Crippen LogP contribution in [0.3, 0.4) is 0 Å². The second kappa shape index (κ2) is 5.97. The van der Waals surface area contributed by atoms with Crippen LogP contribution in [0, 0.1) is 11.3 Å². The summed E-state index contributed by atoms with van der Waals surface area (Å²) < 4.78 is 31.4. The van der Waals surface area contributed by atoms with E-state index in [2.05, 4.69) is 0 Å². The Labute approximate surface area is 112 Å². The standard InChI is InChI=1S/C13H14N2O3S/c14-6-2-4-12-3-1-5-13(11-12)19(16,17)15-7-9-18-10-8-15/h1-5,11H,7-10H2/b4-2+. The minimum absolute atomic E-state index is 0.245. The van der Waals surface area contributed by atoms with Gasteiger partial charge >= 0.3 is 0 Å². The monoisotopic (exact) mass is 278 g/mol. The van der Waals surface area contributed by atoms with Gasteiger partial charge in [-0.15, -0.1) is 0 Å². The van der Waals surface area contributed by atoms with Gasteiger partial charge in [0.25, 0.3) is 0 Å². The summed E-state index contributed by atoms with van der Waals surface area (Å²) in [4.78, 5) is 0.245. The molecule has 0 N–H and O–H groups in total. The molecule has 1 aromatic carbocycles. The summed E-state index contributed by atoms with van der Waals surface area (Å²) in [6.07, 6.45) is 2.90. The number of benzene rings is 1. The van der Waals surface area contributed by atoms with Gasteiger partial charge in [0.15, 0.2) is 0 Å². The Kier molecular flexibility index (Phi) is 4.32. The van der Waals surface area contributed by atoms with E-state index in [1.54, 1.807) is 30.3 Å². The lowest BCUT2D eigenvalue weighted by atomic mass is 10.2. The number of nitriles is 1. The highest BCUT2D eigenvalue weighted by molar-refractivity contribution is 7.89. The number of hydrogen-bond donors (Lipinski definition) is 0. The molecule has 1 aromatic rings. The Hall–Kier alpha value is -1.68. The summed E-state index contributed by atoms with van der Waals surface area (Å²) in [6, 6.07) is 8.44. The van der Waals surface area contributed by atoms with Crippen LogP contribution in [0.25, 0.3) is 6.08 Å². The number of nitrogens with zero attached hydrogens (tertiary/aromatic N) is 2. The summed E-state index contributed by atoms with van der Waals surface area (Å²) >= 11 is 0. The molecule has 0 bridgehead atoms. The van der Waals surface area contributed by atoms with Gasteiger partial charge in [0.1, 0.15) is 0 Å². The summed E-state index contributed by atoms with van der Waals surface area (Å²) in [7, 11) is -3.47. The molecule has 2 rings (SSSR count). The maximum Gasteiger partial charge on any atom is 0.243 e. The zero-order valence-corrected chi connectivity index (χ0v) is 11.1. The van der Waals surface area contributed by atoms with Crippen molar-refractivity contribution in [3.63, 3.8) is 0 Å². The van der Waals surface area contributed by atoms with Gasteiger partial charge in [-0.25, -0.2) is 8.42 Å².